The van der Waals surface area contributed by atoms with Gasteiger partial charge in [-0.3, -0.25) is 4.79 Å². The lowest BCUT2D eigenvalue weighted by Crippen LogP contribution is -2.22. The smallest absolute Gasteiger partial charge is 0.341 e. The highest BCUT2D eigenvalue weighted by atomic mass is 127. The predicted molar refractivity (Wildman–Crippen MR) is 116 cm³/mol. The summed E-state index contributed by atoms with van der Waals surface area (Å²) in [5.74, 6) is -0.690. The Morgan fingerprint density at radius 2 is 2.15 bits per heavy atom. The maximum Gasteiger partial charge on any atom is 0.341 e. The molecule has 0 atom stereocenters. The first kappa shape index (κ1) is 18.4. The fourth-order valence-electron chi connectivity index (χ4n) is 2.73. The Kier molecular flexibility index (Phi) is 4.91. The SMILES string of the molecule is O=C(O)COc1c(Br)cc(I)cc1/C=c1\sc2nc3ccccc3n2c1=O. The zero-order chi connectivity index (χ0) is 19.1. The van der Waals surface area contributed by atoms with E-state index in [1.165, 1.54) is 11.3 Å². The van der Waals surface area contributed by atoms with Crippen molar-refractivity contribution in [2.75, 3.05) is 6.61 Å². The Balaban J connectivity index is 1.92. The number of rotatable bonds is 4. The summed E-state index contributed by atoms with van der Waals surface area (Å²) in [4.78, 5) is 28.9. The summed E-state index contributed by atoms with van der Waals surface area (Å²) in [7, 11) is 0. The van der Waals surface area contributed by atoms with Gasteiger partial charge in [0.2, 0.25) is 0 Å². The third-order valence-corrected chi connectivity index (χ3v) is 5.99. The van der Waals surface area contributed by atoms with E-state index < -0.39 is 12.6 Å². The summed E-state index contributed by atoms with van der Waals surface area (Å²) in [6.45, 7) is -0.470. The van der Waals surface area contributed by atoms with Crippen LogP contribution in [0, 0.1) is 3.57 Å². The van der Waals surface area contributed by atoms with Gasteiger partial charge in [0.1, 0.15) is 5.75 Å². The number of benzene rings is 2. The Bertz CT molecular complexity index is 1310. The first-order chi connectivity index (χ1) is 12.9. The average molecular weight is 557 g/mol. The molecule has 9 heteroatoms. The lowest BCUT2D eigenvalue weighted by Gasteiger charge is -2.10. The molecule has 136 valence electrons. The molecule has 4 aromatic rings. The molecule has 1 N–H and O–H groups in total. The van der Waals surface area contributed by atoms with Gasteiger partial charge in [0, 0.05) is 9.13 Å². The molecule has 0 unspecified atom stereocenters. The van der Waals surface area contributed by atoms with Crippen LogP contribution in [0.3, 0.4) is 0 Å². The Hall–Kier alpha value is -1.98. The van der Waals surface area contributed by atoms with Crippen LogP contribution in [0.4, 0.5) is 0 Å². The van der Waals surface area contributed by atoms with E-state index in [9.17, 15) is 9.59 Å². The standard InChI is InChI=1S/C18H10BrIN2O4S/c19-11-7-10(20)5-9(16(11)26-8-15(23)24)6-14-17(25)22-13-4-2-1-3-12(13)21-18(22)27-14/h1-7H,8H2,(H,23,24)/b14-6-. The summed E-state index contributed by atoms with van der Waals surface area (Å²) in [6, 6.07) is 11.1. The summed E-state index contributed by atoms with van der Waals surface area (Å²) in [5, 5.41) is 8.90. The Morgan fingerprint density at radius 1 is 1.37 bits per heavy atom. The van der Waals surface area contributed by atoms with Gasteiger partial charge in [0.15, 0.2) is 11.6 Å². The van der Waals surface area contributed by atoms with Crippen molar-refractivity contribution in [3.63, 3.8) is 0 Å². The molecular weight excluding hydrogens is 547 g/mol. The van der Waals surface area contributed by atoms with Crippen LogP contribution in [0.15, 0.2) is 45.7 Å². The van der Waals surface area contributed by atoms with Crippen molar-refractivity contribution < 1.29 is 14.6 Å². The molecule has 6 nitrogen and oxygen atoms in total. The van der Waals surface area contributed by atoms with Crippen LogP contribution in [0.5, 0.6) is 5.75 Å². The van der Waals surface area contributed by atoms with E-state index in [1.807, 2.05) is 36.4 Å². The van der Waals surface area contributed by atoms with E-state index in [1.54, 1.807) is 10.5 Å². The molecular formula is C18H10BrIN2O4S. The minimum Gasteiger partial charge on any atom is -0.480 e. The molecule has 0 bridgehead atoms. The molecule has 0 aliphatic heterocycles. The molecule has 2 aromatic heterocycles. The molecule has 0 spiro atoms. The number of thiazole rings is 1. The number of carboxylic acids is 1. The van der Waals surface area contributed by atoms with Gasteiger partial charge >= 0.3 is 5.97 Å². The predicted octanol–water partition coefficient (Wildman–Crippen LogP) is 3.29. The Labute approximate surface area is 178 Å². The van der Waals surface area contributed by atoms with Crippen molar-refractivity contribution >= 4 is 77.9 Å². The highest BCUT2D eigenvalue weighted by Crippen LogP contribution is 2.32. The highest BCUT2D eigenvalue weighted by molar-refractivity contribution is 14.1. The molecule has 0 saturated carbocycles. The molecule has 2 aromatic carbocycles. The fraction of sp³-hybridized carbons (Fsp3) is 0.0556. The van der Waals surface area contributed by atoms with Gasteiger partial charge in [0.25, 0.3) is 5.56 Å². The van der Waals surface area contributed by atoms with Crippen LogP contribution >= 0.6 is 49.9 Å². The number of hydrogen-bond acceptors (Lipinski definition) is 5. The fourth-order valence-corrected chi connectivity index (χ4v) is 5.37. The number of halogens is 2. The lowest BCUT2D eigenvalue weighted by molar-refractivity contribution is -0.139. The summed E-state index contributed by atoms with van der Waals surface area (Å²) in [5.41, 5.74) is 2.00. The number of imidazole rings is 1. The van der Waals surface area contributed by atoms with Gasteiger partial charge in [-0.25, -0.2) is 14.2 Å². The number of carboxylic acid groups (broad SMARTS) is 1. The number of aliphatic carboxylic acids is 1. The minimum absolute atomic E-state index is 0.164. The largest absolute Gasteiger partial charge is 0.480 e. The van der Waals surface area contributed by atoms with Crippen LogP contribution in [0.1, 0.15) is 5.56 Å². The number of carbonyl (C=O) groups is 1. The molecule has 0 saturated heterocycles. The van der Waals surface area contributed by atoms with Crippen molar-refractivity contribution in [1.29, 1.82) is 0 Å². The van der Waals surface area contributed by atoms with Gasteiger partial charge in [0.05, 0.1) is 20.0 Å². The second kappa shape index (κ2) is 7.21. The van der Waals surface area contributed by atoms with E-state index in [0.29, 0.717) is 25.3 Å². The first-order valence-electron chi connectivity index (χ1n) is 7.69. The van der Waals surface area contributed by atoms with Gasteiger partial charge in [-0.2, -0.15) is 0 Å². The topological polar surface area (TPSA) is 80.9 Å². The lowest BCUT2D eigenvalue weighted by atomic mass is 10.2. The maximum absolute atomic E-state index is 12.9. The quantitative estimate of drug-likeness (QED) is 0.390. The van der Waals surface area contributed by atoms with Crippen LogP contribution in [-0.4, -0.2) is 27.1 Å². The van der Waals surface area contributed by atoms with Crippen molar-refractivity contribution in [2.24, 2.45) is 0 Å². The monoisotopic (exact) mass is 556 g/mol. The normalized spacial score (nSPS) is 12.1. The van der Waals surface area contributed by atoms with E-state index in [-0.39, 0.29) is 5.56 Å². The van der Waals surface area contributed by atoms with Gasteiger partial charge in [-0.1, -0.05) is 23.5 Å². The van der Waals surface area contributed by atoms with Crippen molar-refractivity contribution in [3.05, 3.63) is 64.9 Å². The van der Waals surface area contributed by atoms with E-state index >= 15 is 0 Å². The van der Waals surface area contributed by atoms with Gasteiger partial charge < -0.3 is 9.84 Å². The molecule has 0 fully saturated rings. The third-order valence-electron chi connectivity index (χ3n) is 3.81. The van der Waals surface area contributed by atoms with E-state index in [4.69, 9.17) is 9.84 Å². The molecule has 0 amide bonds. The number of para-hydroxylation sites is 2. The van der Waals surface area contributed by atoms with Crippen molar-refractivity contribution in [1.82, 2.24) is 9.38 Å². The second-order valence-corrected chi connectivity index (χ2v) is 8.73. The average Bonchev–Trinajstić information content (AvgIpc) is 3.10. The molecule has 2 heterocycles. The minimum atomic E-state index is -1.07. The van der Waals surface area contributed by atoms with Crippen LogP contribution in [0.25, 0.3) is 22.1 Å². The van der Waals surface area contributed by atoms with Crippen LogP contribution < -0.4 is 14.8 Å². The van der Waals surface area contributed by atoms with Crippen molar-refractivity contribution in [3.8, 4) is 5.75 Å². The molecule has 0 aliphatic carbocycles. The third kappa shape index (κ3) is 3.46. The summed E-state index contributed by atoms with van der Waals surface area (Å²) < 4.78 is 9.06. The van der Waals surface area contributed by atoms with Gasteiger partial charge in [-0.05, 0) is 68.9 Å². The molecule has 4 rings (SSSR count). The van der Waals surface area contributed by atoms with Crippen LogP contribution in [0.2, 0.25) is 0 Å². The van der Waals surface area contributed by atoms with Gasteiger partial charge in [-0.15, -0.1) is 0 Å². The van der Waals surface area contributed by atoms with Crippen molar-refractivity contribution in [2.45, 2.75) is 0 Å². The number of fused-ring (bicyclic) bond motifs is 3. The summed E-state index contributed by atoms with van der Waals surface area (Å²) >= 11 is 6.84. The highest BCUT2D eigenvalue weighted by Gasteiger charge is 2.14. The summed E-state index contributed by atoms with van der Waals surface area (Å²) in [6.07, 6.45) is 1.71. The number of ether oxygens (including phenoxy) is 1. The number of hydrogen-bond donors (Lipinski definition) is 1. The second-order valence-electron chi connectivity index (χ2n) is 5.62. The number of aromatic nitrogens is 2. The zero-order valence-corrected chi connectivity index (χ0v) is 18.0. The van der Waals surface area contributed by atoms with Crippen LogP contribution in [-0.2, 0) is 4.79 Å². The first-order valence-corrected chi connectivity index (χ1v) is 10.4. The zero-order valence-electron chi connectivity index (χ0n) is 13.5. The maximum atomic E-state index is 12.9. The van der Waals surface area contributed by atoms with E-state index in [0.717, 1.165) is 14.6 Å². The molecule has 0 radical (unpaired) electrons. The van der Waals surface area contributed by atoms with E-state index in [2.05, 4.69) is 43.5 Å². The number of nitrogens with zero attached hydrogens (tertiary/aromatic N) is 2. The molecule has 0 aliphatic rings. The Morgan fingerprint density at radius 3 is 2.93 bits per heavy atom. The molecule has 27 heavy (non-hydrogen) atoms.